The number of ether oxygens (including phenoxy) is 1. The monoisotopic (exact) mass is 573 g/mol. The molecule has 0 atom stereocenters. The average molecular weight is 574 g/mol. The molecule has 0 heterocycles. The molecule has 0 aromatic heterocycles. The minimum atomic E-state index is -4.61. The molecule has 0 saturated carbocycles. The fourth-order valence-electron chi connectivity index (χ4n) is 3.72. The van der Waals surface area contributed by atoms with Crippen molar-refractivity contribution in [3.63, 3.8) is 0 Å². The third-order valence-corrected chi connectivity index (χ3v) is 7.34. The predicted octanol–water partition coefficient (Wildman–Crippen LogP) is 7.47. The van der Waals surface area contributed by atoms with E-state index >= 15 is 0 Å². The van der Waals surface area contributed by atoms with Crippen molar-refractivity contribution in [3.8, 4) is 11.5 Å². The maximum atomic E-state index is 13.2. The number of anilines is 1. The number of benzene rings is 4. The molecule has 0 radical (unpaired) electrons. The molecular weight excluding hydrogens is 553 g/mol. The van der Waals surface area contributed by atoms with Crippen molar-refractivity contribution in [3.05, 3.63) is 81.8 Å². The summed E-state index contributed by atoms with van der Waals surface area (Å²) in [5, 5.41) is 22.9. The van der Waals surface area contributed by atoms with Gasteiger partial charge in [-0.25, -0.2) is 0 Å². The lowest BCUT2D eigenvalue weighted by atomic mass is 10.0. The maximum absolute atomic E-state index is 13.2. The van der Waals surface area contributed by atoms with Gasteiger partial charge in [-0.3, -0.25) is 9.35 Å². The number of nitrogens with zero attached hydrogens (tertiary/aromatic N) is 2. The number of azo groups is 1. The van der Waals surface area contributed by atoms with Crippen molar-refractivity contribution < 1.29 is 27.6 Å². The lowest BCUT2D eigenvalue weighted by Gasteiger charge is -2.13. The third kappa shape index (κ3) is 5.44. The van der Waals surface area contributed by atoms with Crippen LogP contribution >= 0.6 is 23.2 Å². The molecule has 38 heavy (non-hydrogen) atoms. The number of fused-ring (bicyclic) bond motifs is 1. The highest BCUT2D eigenvalue weighted by Gasteiger charge is 2.22. The van der Waals surface area contributed by atoms with Crippen molar-refractivity contribution in [1.82, 2.24) is 0 Å². The summed E-state index contributed by atoms with van der Waals surface area (Å²) in [6.45, 7) is 3.81. The van der Waals surface area contributed by atoms with Gasteiger partial charge in [0.05, 0.1) is 22.9 Å². The Morgan fingerprint density at radius 1 is 1.00 bits per heavy atom. The summed E-state index contributed by atoms with van der Waals surface area (Å²) in [5.41, 5.74) is 0.565. The van der Waals surface area contributed by atoms with Gasteiger partial charge in [-0.2, -0.15) is 8.42 Å². The summed E-state index contributed by atoms with van der Waals surface area (Å²) in [7, 11) is -4.61. The van der Waals surface area contributed by atoms with Crippen LogP contribution in [0.2, 0.25) is 10.0 Å². The van der Waals surface area contributed by atoms with E-state index in [-0.39, 0.29) is 32.7 Å². The lowest BCUT2D eigenvalue weighted by Crippen LogP contribution is -2.13. The zero-order valence-corrected chi connectivity index (χ0v) is 22.4. The number of phenols is 1. The van der Waals surface area contributed by atoms with Crippen molar-refractivity contribution in [2.24, 2.45) is 10.2 Å². The number of phenolic OH excluding ortho intramolecular Hbond substituents is 1. The molecule has 0 bridgehead atoms. The predicted molar refractivity (Wildman–Crippen MR) is 146 cm³/mol. The standard InChI is InChI=1S/C26H21Cl2N3O6S/c1-3-37-19-10-6-9-18(21(19)27)29-26(33)17-13-15-7-4-5-8-16(15)24(25(17)32)31-30-23-14(2)11-12-20(22(23)28)38(34,35)36/h4-13,32H,3H2,1-2H3,(H,29,33)(H,34,35,36). The van der Waals surface area contributed by atoms with Gasteiger partial charge in [0.2, 0.25) is 0 Å². The highest BCUT2D eigenvalue weighted by atomic mass is 35.5. The van der Waals surface area contributed by atoms with Crippen LogP contribution in [0.3, 0.4) is 0 Å². The van der Waals surface area contributed by atoms with E-state index in [1.165, 1.54) is 12.1 Å². The van der Waals surface area contributed by atoms with Gasteiger partial charge in [-0.15, -0.1) is 10.2 Å². The van der Waals surface area contributed by atoms with Crippen LogP contribution in [0.4, 0.5) is 17.1 Å². The Labute approximate surface area is 228 Å². The zero-order chi connectivity index (χ0) is 27.6. The fraction of sp³-hybridized carbons (Fsp3) is 0.115. The Bertz CT molecular complexity index is 1710. The summed E-state index contributed by atoms with van der Waals surface area (Å²) >= 11 is 12.6. The van der Waals surface area contributed by atoms with E-state index in [1.54, 1.807) is 56.3 Å². The van der Waals surface area contributed by atoms with E-state index in [0.29, 0.717) is 28.7 Å². The number of nitrogens with one attached hydrogen (secondary N) is 1. The highest BCUT2D eigenvalue weighted by Crippen LogP contribution is 2.42. The quantitative estimate of drug-likeness (QED) is 0.155. The third-order valence-electron chi connectivity index (χ3n) is 5.56. The lowest BCUT2D eigenvalue weighted by molar-refractivity contribution is 0.102. The van der Waals surface area contributed by atoms with Crippen molar-refractivity contribution in [2.45, 2.75) is 18.7 Å². The topological polar surface area (TPSA) is 138 Å². The average Bonchev–Trinajstić information content (AvgIpc) is 2.86. The smallest absolute Gasteiger partial charge is 0.296 e. The minimum Gasteiger partial charge on any atom is -0.505 e. The number of rotatable bonds is 7. The molecule has 4 aromatic carbocycles. The van der Waals surface area contributed by atoms with Crippen LogP contribution < -0.4 is 10.1 Å². The van der Waals surface area contributed by atoms with Gasteiger partial charge in [0, 0.05) is 5.39 Å². The second-order valence-electron chi connectivity index (χ2n) is 8.07. The van der Waals surface area contributed by atoms with Crippen LogP contribution in [0.25, 0.3) is 10.8 Å². The number of hydrogen-bond donors (Lipinski definition) is 3. The molecule has 4 aromatic rings. The molecule has 0 unspecified atom stereocenters. The number of amides is 1. The van der Waals surface area contributed by atoms with Gasteiger partial charge < -0.3 is 15.2 Å². The van der Waals surface area contributed by atoms with E-state index in [0.717, 1.165) is 6.07 Å². The molecule has 0 spiro atoms. The summed E-state index contributed by atoms with van der Waals surface area (Å²) in [5.74, 6) is -0.742. The Hall–Kier alpha value is -3.70. The van der Waals surface area contributed by atoms with Crippen molar-refractivity contribution in [2.75, 3.05) is 11.9 Å². The maximum Gasteiger partial charge on any atom is 0.296 e. The van der Waals surface area contributed by atoms with E-state index in [4.69, 9.17) is 27.9 Å². The first-order chi connectivity index (χ1) is 18.0. The molecule has 1 amide bonds. The highest BCUT2D eigenvalue weighted by molar-refractivity contribution is 7.86. The first-order valence-electron chi connectivity index (χ1n) is 11.2. The molecule has 0 aliphatic rings. The normalized spacial score (nSPS) is 11.7. The van der Waals surface area contributed by atoms with Crippen LogP contribution in [0.1, 0.15) is 22.8 Å². The summed E-state index contributed by atoms with van der Waals surface area (Å²) in [4.78, 5) is 12.7. The van der Waals surface area contributed by atoms with Crippen LogP contribution in [0.5, 0.6) is 11.5 Å². The summed E-state index contributed by atoms with van der Waals surface area (Å²) in [6, 6.07) is 15.8. The summed E-state index contributed by atoms with van der Waals surface area (Å²) in [6.07, 6.45) is 0. The number of halogens is 2. The Kier molecular flexibility index (Phi) is 7.89. The molecule has 196 valence electrons. The van der Waals surface area contributed by atoms with Crippen LogP contribution in [-0.4, -0.2) is 30.6 Å². The minimum absolute atomic E-state index is 0.0281. The molecule has 12 heteroatoms. The zero-order valence-electron chi connectivity index (χ0n) is 20.1. The van der Waals surface area contributed by atoms with Gasteiger partial charge in [0.15, 0.2) is 5.75 Å². The first kappa shape index (κ1) is 27.3. The second-order valence-corrected chi connectivity index (χ2v) is 10.2. The number of hydrogen-bond acceptors (Lipinski definition) is 7. The Balaban J connectivity index is 1.81. The molecular formula is C26H21Cl2N3O6S. The van der Waals surface area contributed by atoms with Crippen molar-refractivity contribution >= 4 is 67.1 Å². The van der Waals surface area contributed by atoms with Gasteiger partial charge >= 0.3 is 0 Å². The molecule has 0 aliphatic heterocycles. The van der Waals surface area contributed by atoms with Gasteiger partial charge in [-0.1, -0.05) is 59.6 Å². The van der Waals surface area contributed by atoms with Crippen molar-refractivity contribution in [1.29, 1.82) is 0 Å². The molecule has 9 nitrogen and oxygen atoms in total. The SMILES string of the molecule is CCOc1cccc(NC(=O)c2cc3ccccc3c(N=Nc3c(C)ccc(S(=O)(=O)O)c3Cl)c2O)c1Cl. The van der Waals surface area contributed by atoms with E-state index in [1.807, 2.05) is 0 Å². The number of aromatic hydroxyl groups is 1. The van der Waals surface area contributed by atoms with Crippen LogP contribution in [-0.2, 0) is 10.1 Å². The number of aryl methyl sites for hydroxylation is 1. The van der Waals surface area contributed by atoms with Crippen LogP contribution in [0, 0.1) is 6.92 Å². The molecule has 0 saturated heterocycles. The Morgan fingerprint density at radius 3 is 2.42 bits per heavy atom. The Morgan fingerprint density at radius 2 is 1.71 bits per heavy atom. The van der Waals surface area contributed by atoms with Gasteiger partial charge in [-0.05, 0) is 49.1 Å². The molecule has 4 rings (SSSR count). The first-order valence-corrected chi connectivity index (χ1v) is 13.4. The summed E-state index contributed by atoms with van der Waals surface area (Å²) < 4.78 is 38.3. The molecule has 0 fully saturated rings. The van der Waals surface area contributed by atoms with E-state index in [2.05, 4.69) is 15.5 Å². The van der Waals surface area contributed by atoms with E-state index < -0.39 is 26.7 Å². The largest absolute Gasteiger partial charge is 0.505 e. The molecule has 0 aliphatic carbocycles. The van der Waals surface area contributed by atoms with E-state index in [9.17, 15) is 22.9 Å². The second kappa shape index (κ2) is 11.0. The van der Waals surface area contributed by atoms with Gasteiger partial charge in [0.25, 0.3) is 16.0 Å². The number of carbonyl (C=O) groups excluding carboxylic acids is 1. The number of carbonyl (C=O) groups is 1. The van der Waals surface area contributed by atoms with Gasteiger partial charge in [0.1, 0.15) is 27.0 Å². The fourth-order valence-corrected chi connectivity index (χ4v) is 5.05. The molecule has 3 N–H and O–H groups in total. The van der Waals surface area contributed by atoms with Crippen LogP contribution in [0.15, 0.2) is 75.8 Å².